The van der Waals surface area contributed by atoms with Gasteiger partial charge in [-0.15, -0.1) is 0 Å². The molecule has 0 aromatic carbocycles. The first-order chi connectivity index (χ1) is 9.54. The molecule has 20 heavy (non-hydrogen) atoms. The van der Waals surface area contributed by atoms with Crippen LogP contribution in [0.3, 0.4) is 0 Å². The number of nitrogens with zero attached hydrogens (tertiary/aromatic N) is 1. The molecule has 1 fully saturated rings. The summed E-state index contributed by atoms with van der Waals surface area (Å²) in [6.45, 7) is 8.47. The van der Waals surface area contributed by atoms with E-state index in [0.29, 0.717) is 19.0 Å². The average Bonchev–Trinajstić information content (AvgIpc) is 2.46. The van der Waals surface area contributed by atoms with Gasteiger partial charge in [0.2, 0.25) is 5.91 Å². The van der Waals surface area contributed by atoms with Gasteiger partial charge in [-0.2, -0.15) is 0 Å². The lowest BCUT2D eigenvalue weighted by Crippen LogP contribution is -2.54. The van der Waals surface area contributed by atoms with Gasteiger partial charge in [0, 0.05) is 26.7 Å². The van der Waals surface area contributed by atoms with Crippen LogP contribution in [0.15, 0.2) is 0 Å². The lowest BCUT2D eigenvalue weighted by molar-refractivity contribution is -0.147. The second kappa shape index (κ2) is 7.99. The number of hydrogen-bond donors (Lipinski definition) is 1. The molecule has 1 aliphatic heterocycles. The quantitative estimate of drug-likeness (QED) is 0.781. The van der Waals surface area contributed by atoms with E-state index in [-0.39, 0.29) is 17.4 Å². The largest absolute Gasteiger partial charge is 0.379 e. The molecule has 1 amide bonds. The highest BCUT2D eigenvalue weighted by molar-refractivity contribution is 5.83. The summed E-state index contributed by atoms with van der Waals surface area (Å²) < 4.78 is 5.52. The van der Waals surface area contributed by atoms with E-state index in [9.17, 15) is 4.79 Å². The molecule has 1 saturated heterocycles. The molecule has 2 atom stereocenters. The molecule has 0 aromatic rings. The van der Waals surface area contributed by atoms with E-state index in [0.717, 1.165) is 38.6 Å². The Balaban J connectivity index is 2.83. The zero-order valence-electron chi connectivity index (χ0n) is 13.7. The molecule has 0 spiro atoms. The molecule has 0 aromatic heterocycles. The Morgan fingerprint density at radius 2 is 1.95 bits per heavy atom. The zero-order chi connectivity index (χ0) is 15.2. The van der Waals surface area contributed by atoms with Gasteiger partial charge in [0.15, 0.2) is 0 Å². The molecule has 0 aliphatic carbocycles. The Hall–Kier alpha value is -0.610. The molecule has 1 rings (SSSR count). The van der Waals surface area contributed by atoms with Crippen molar-refractivity contribution >= 4 is 5.91 Å². The number of methoxy groups -OCH3 is 1. The average molecular weight is 284 g/mol. The SMILES string of the molecule is CCCC(CN)(CCC)C(=O)N1CCC(C)C(OC)C1. The van der Waals surface area contributed by atoms with Crippen LogP contribution in [0.4, 0.5) is 0 Å². The van der Waals surface area contributed by atoms with Gasteiger partial charge in [-0.3, -0.25) is 4.79 Å². The highest BCUT2D eigenvalue weighted by atomic mass is 16.5. The predicted molar refractivity (Wildman–Crippen MR) is 82.5 cm³/mol. The van der Waals surface area contributed by atoms with Crippen molar-refractivity contribution in [3.05, 3.63) is 0 Å². The molecule has 2 unspecified atom stereocenters. The standard InChI is InChI=1S/C16H32N2O2/c1-5-8-16(12-17,9-6-2)15(19)18-10-7-13(3)14(11-18)20-4/h13-14H,5-12,17H2,1-4H3. The number of likely N-dealkylation sites (tertiary alicyclic amines) is 1. The van der Waals surface area contributed by atoms with E-state index in [2.05, 4.69) is 20.8 Å². The third-order valence-corrected chi connectivity index (χ3v) is 4.78. The molecule has 0 bridgehead atoms. The smallest absolute Gasteiger partial charge is 0.230 e. The van der Waals surface area contributed by atoms with Crippen molar-refractivity contribution in [3.8, 4) is 0 Å². The molecule has 1 aliphatic rings. The summed E-state index contributed by atoms with van der Waals surface area (Å²) in [4.78, 5) is 15.0. The summed E-state index contributed by atoms with van der Waals surface area (Å²) in [5.41, 5.74) is 5.64. The van der Waals surface area contributed by atoms with Gasteiger partial charge in [-0.1, -0.05) is 33.6 Å². The second-order valence-corrected chi connectivity index (χ2v) is 6.28. The summed E-state index contributed by atoms with van der Waals surface area (Å²) >= 11 is 0. The van der Waals surface area contributed by atoms with Gasteiger partial charge in [-0.25, -0.2) is 0 Å². The predicted octanol–water partition coefficient (Wildman–Crippen LogP) is 2.42. The van der Waals surface area contributed by atoms with Crippen molar-refractivity contribution in [2.75, 3.05) is 26.7 Å². The van der Waals surface area contributed by atoms with E-state index < -0.39 is 0 Å². The number of carbonyl (C=O) groups is 1. The van der Waals surface area contributed by atoms with Crippen LogP contribution in [-0.4, -0.2) is 43.7 Å². The normalized spacial score (nSPS) is 23.9. The number of rotatable bonds is 7. The summed E-state index contributed by atoms with van der Waals surface area (Å²) in [5.74, 6) is 0.770. The van der Waals surface area contributed by atoms with Crippen molar-refractivity contribution in [1.82, 2.24) is 4.90 Å². The lowest BCUT2D eigenvalue weighted by atomic mass is 9.77. The summed E-state index contributed by atoms with van der Waals surface area (Å²) in [5, 5.41) is 0. The second-order valence-electron chi connectivity index (χ2n) is 6.28. The molecule has 118 valence electrons. The van der Waals surface area contributed by atoms with Crippen molar-refractivity contribution in [2.45, 2.75) is 59.0 Å². The van der Waals surface area contributed by atoms with Gasteiger partial charge in [-0.05, 0) is 25.2 Å². The summed E-state index contributed by atoms with van der Waals surface area (Å²) in [6, 6.07) is 0. The molecular formula is C16H32N2O2. The topological polar surface area (TPSA) is 55.6 Å². The van der Waals surface area contributed by atoms with Gasteiger partial charge in [0.25, 0.3) is 0 Å². The Kier molecular flexibility index (Phi) is 6.96. The maximum atomic E-state index is 13.0. The van der Waals surface area contributed by atoms with Crippen LogP contribution in [0, 0.1) is 11.3 Å². The number of hydrogen-bond acceptors (Lipinski definition) is 3. The zero-order valence-corrected chi connectivity index (χ0v) is 13.7. The van der Waals surface area contributed by atoms with Crippen molar-refractivity contribution in [3.63, 3.8) is 0 Å². The first-order valence-corrected chi connectivity index (χ1v) is 8.06. The monoisotopic (exact) mass is 284 g/mol. The number of amides is 1. The Labute approximate surface area is 124 Å². The first kappa shape index (κ1) is 17.4. The molecule has 0 radical (unpaired) electrons. The van der Waals surface area contributed by atoms with Gasteiger partial charge >= 0.3 is 0 Å². The molecule has 2 N–H and O–H groups in total. The van der Waals surface area contributed by atoms with Crippen molar-refractivity contribution in [1.29, 1.82) is 0 Å². The number of nitrogens with two attached hydrogens (primary N) is 1. The van der Waals surface area contributed by atoms with Crippen LogP contribution in [0.2, 0.25) is 0 Å². The number of piperidine rings is 1. The maximum absolute atomic E-state index is 13.0. The van der Waals surface area contributed by atoms with Crippen molar-refractivity contribution < 1.29 is 9.53 Å². The van der Waals surface area contributed by atoms with Crippen LogP contribution in [0.1, 0.15) is 52.9 Å². The fraction of sp³-hybridized carbons (Fsp3) is 0.938. The minimum atomic E-state index is -0.359. The highest BCUT2D eigenvalue weighted by Crippen LogP contribution is 2.33. The molecule has 0 saturated carbocycles. The highest BCUT2D eigenvalue weighted by Gasteiger charge is 2.40. The van der Waals surface area contributed by atoms with E-state index >= 15 is 0 Å². The fourth-order valence-electron chi connectivity index (χ4n) is 3.45. The van der Waals surface area contributed by atoms with Crippen LogP contribution in [0.5, 0.6) is 0 Å². The number of ether oxygens (including phenoxy) is 1. The van der Waals surface area contributed by atoms with E-state index in [1.807, 2.05) is 4.90 Å². The van der Waals surface area contributed by atoms with E-state index in [1.54, 1.807) is 7.11 Å². The van der Waals surface area contributed by atoms with Crippen LogP contribution in [-0.2, 0) is 9.53 Å². The van der Waals surface area contributed by atoms with Crippen LogP contribution < -0.4 is 5.73 Å². The molecular weight excluding hydrogens is 252 g/mol. The van der Waals surface area contributed by atoms with Gasteiger partial charge in [0.05, 0.1) is 11.5 Å². The Morgan fingerprint density at radius 3 is 2.40 bits per heavy atom. The maximum Gasteiger partial charge on any atom is 0.230 e. The van der Waals surface area contributed by atoms with E-state index in [4.69, 9.17) is 10.5 Å². The number of carbonyl (C=O) groups excluding carboxylic acids is 1. The van der Waals surface area contributed by atoms with Crippen molar-refractivity contribution in [2.24, 2.45) is 17.1 Å². The third-order valence-electron chi connectivity index (χ3n) is 4.78. The third kappa shape index (κ3) is 3.73. The first-order valence-electron chi connectivity index (χ1n) is 8.06. The molecule has 4 nitrogen and oxygen atoms in total. The van der Waals surface area contributed by atoms with Crippen LogP contribution in [0.25, 0.3) is 0 Å². The van der Waals surface area contributed by atoms with Gasteiger partial charge < -0.3 is 15.4 Å². The van der Waals surface area contributed by atoms with E-state index in [1.165, 1.54) is 0 Å². The van der Waals surface area contributed by atoms with Crippen LogP contribution >= 0.6 is 0 Å². The fourth-order valence-corrected chi connectivity index (χ4v) is 3.45. The summed E-state index contributed by atoms with van der Waals surface area (Å²) in [7, 11) is 1.74. The Morgan fingerprint density at radius 1 is 1.35 bits per heavy atom. The molecule has 1 heterocycles. The molecule has 4 heteroatoms. The minimum absolute atomic E-state index is 0.159. The summed E-state index contributed by atoms with van der Waals surface area (Å²) in [6.07, 6.45) is 4.96. The van der Waals surface area contributed by atoms with Gasteiger partial charge in [0.1, 0.15) is 0 Å². The lowest BCUT2D eigenvalue weighted by Gasteiger charge is -2.42. The Bertz CT molecular complexity index is 301. The minimum Gasteiger partial charge on any atom is -0.379 e.